The van der Waals surface area contributed by atoms with Crippen LogP contribution in [0.5, 0.6) is 0 Å². The van der Waals surface area contributed by atoms with Crippen molar-refractivity contribution in [1.29, 1.82) is 0 Å². The Morgan fingerprint density at radius 1 is 1.23 bits per heavy atom. The number of aromatic nitrogens is 4. The van der Waals surface area contributed by atoms with Crippen molar-refractivity contribution in [3.8, 4) is 0 Å². The summed E-state index contributed by atoms with van der Waals surface area (Å²) in [6.07, 6.45) is 1.44. The number of nitrogens with zero attached hydrogens (tertiary/aromatic N) is 5. The van der Waals surface area contributed by atoms with E-state index in [1.165, 1.54) is 27.1 Å². The third kappa shape index (κ3) is 3.30. The topological polar surface area (TPSA) is 74.4 Å². The van der Waals surface area contributed by atoms with E-state index in [1.54, 1.807) is 5.06 Å². The van der Waals surface area contributed by atoms with Crippen molar-refractivity contribution < 1.29 is 13.2 Å². The van der Waals surface area contributed by atoms with Crippen LogP contribution in [0.2, 0.25) is 0 Å². The molecule has 8 nitrogen and oxygen atoms in total. The molecule has 2 aromatic heterocycles. The van der Waals surface area contributed by atoms with Crippen molar-refractivity contribution in [1.82, 2.24) is 23.8 Å². The van der Waals surface area contributed by atoms with Gasteiger partial charge in [0.2, 0.25) is 0 Å². The fourth-order valence-electron chi connectivity index (χ4n) is 3.12. The van der Waals surface area contributed by atoms with Crippen LogP contribution in [0.1, 0.15) is 17.1 Å². The van der Waals surface area contributed by atoms with Gasteiger partial charge in [-0.05, 0) is 25.5 Å². The summed E-state index contributed by atoms with van der Waals surface area (Å²) in [5.41, 5.74) is 3.57. The number of aryl methyl sites for hydroxylation is 1. The largest absolute Gasteiger partial charge is 0.379 e. The molecule has 0 spiro atoms. The first-order valence-electron chi connectivity index (χ1n) is 8.52. The predicted molar refractivity (Wildman–Crippen MR) is 97.6 cm³/mol. The monoisotopic (exact) mass is 375 g/mol. The van der Waals surface area contributed by atoms with Crippen LogP contribution in [0.4, 0.5) is 0 Å². The van der Waals surface area contributed by atoms with Gasteiger partial charge in [-0.2, -0.15) is 9.35 Å². The normalized spacial score (nSPS) is 17.0. The van der Waals surface area contributed by atoms with E-state index in [4.69, 9.17) is 9.02 Å². The molecule has 3 heterocycles. The lowest BCUT2D eigenvalue weighted by Gasteiger charge is -2.23. The van der Waals surface area contributed by atoms with Gasteiger partial charge in [-0.1, -0.05) is 18.2 Å². The molecule has 0 saturated carbocycles. The fraction of sp³-hybridized carbons (Fsp3) is 0.412. The van der Waals surface area contributed by atoms with E-state index in [-0.39, 0.29) is 0 Å². The summed E-state index contributed by atoms with van der Waals surface area (Å²) in [4.78, 5) is 4.30. The molecule has 0 bridgehead atoms. The van der Waals surface area contributed by atoms with Crippen LogP contribution < -0.4 is 0 Å². The first-order valence-corrected chi connectivity index (χ1v) is 9.55. The van der Waals surface area contributed by atoms with E-state index < -0.39 is 11.3 Å². The van der Waals surface area contributed by atoms with Crippen molar-refractivity contribution in [2.75, 3.05) is 26.3 Å². The van der Waals surface area contributed by atoms with Gasteiger partial charge < -0.3 is 9.30 Å². The lowest BCUT2D eigenvalue weighted by Crippen LogP contribution is -2.37. The maximum atomic E-state index is 12.3. The molecule has 1 saturated heterocycles. The average molecular weight is 375 g/mol. The molecule has 3 aromatic rings. The lowest BCUT2D eigenvalue weighted by atomic mass is 10.2. The van der Waals surface area contributed by atoms with Crippen LogP contribution >= 0.6 is 0 Å². The molecule has 1 unspecified atom stereocenters. The smallest absolute Gasteiger partial charge is 0.304 e. The molecule has 1 aliphatic heterocycles. The highest BCUT2D eigenvalue weighted by molar-refractivity contribution is 7.78. The molecule has 26 heavy (non-hydrogen) atoms. The van der Waals surface area contributed by atoms with Crippen molar-refractivity contribution >= 4 is 22.2 Å². The molecule has 1 aromatic carbocycles. The van der Waals surface area contributed by atoms with Crippen LogP contribution in [-0.4, -0.2) is 54.3 Å². The lowest BCUT2D eigenvalue weighted by molar-refractivity contribution is -0.110. The van der Waals surface area contributed by atoms with Gasteiger partial charge in [0.1, 0.15) is 6.33 Å². The molecule has 0 radical (unpaired) electrons. The SMILES string of the molecule is Cc1c(C)n(Cc2ncn(S(=O)ON3CCOCC3)n2)c2ccccc12. The second kappa shape index (κ2) is 7.28. The standard InChI is InChI=1S/C17H21N5O3S/c1-13-14(2)21(16-6-4-3-5-15(13)16)11-17-18-12-22(19-17)26(23)25-20-7-9-24-10-8-20/h3-6,12H,7-11H2,1-2H3. The van der Waals surface area contributed by atoms with Crippen LogP contribution in [0, 0.1) is 13.8 Å². The zero-order valence-corrected chi connectivity index (χ0v) is 15.6. The third-order valence-electron chi connectivity index (χ3n) is 4.66. The van der Waals surface area contributed by atoms with Gasteiger partial charge >= 0.3 is 11.3 Å². The Balaban J connectivity index is 1.52. The van der Waals surface area contributed by atoms with Crippen LogP contribution in [-0.2, 0) is 26.8 Å². The number of ether oxygens (including phenoxy) is 1. The summed E-state index contributed by atoms with van der Waals surface area (Å²) >= 11 is -1.74. The number of hydrogen-bond acceptors (Lipinski definition) is 6. The molecule has 1 fully saturated rings. The highest BCUT2D eigenvalue weighted by Gasteiger charge is 2.18. The molecule has 1 aliphatic rings. The van der Waals surface area contributed by atoms with Gasteiger partial charge in [0, 0.05) is 29.7 Å². The number of fused-ring (bicyclic) bond motifs is 1. The average Bonchev–Trinajstić information content (AvgIpc) is 3.23. The van der Waals surface area contributed by atoms with Gasteiger partial charge in [0.25, 0.3) is 0 Å². The number of hydroxylamine groups is 2. The number of rotatable bonds is 5. The molecule has 9 heteroatoms. The quantitative estimate of drug-likeness (QED) is 0.674. The van der Waals surface area contributed by atoms with Gasteiger partial charge in [0.15, 0.2) is 5.82 Å². The molecule has 1 atom stereocenters. The summed E-state index contributed by atoms with van der Waals surface area (Å²) in [5.74, 6) is 0.591. The Hall–Kier alpha value is -2.07. The third-order valence-corrected chi connectivity index (χ3v) is 5.48. The highest BCUT2D eigenvalue weighted by atomic mass is 32.2. The molecular weight excluding hydrogens is 354 g/mol. The van der Waals surface area contributed by atoms with Crippen molar-refractivity contribution in [2.45, 2.75) is 20.4 Å². The second-order valence-corrected chi connectivity index (χ2v) is 7.17. The van der Waals surface area contributed by atoms with Crippen LogP contribution in [0.25, 0.3) is 10.9 Å². The van der Waals surface area contributed by atoms with Gasteiger partial charge in [-0.3, -0.25) is 0 Å². The van der Waals surface area contributed by atoms with E-state index in [0.717, 1.165) is 5.52 Å². The van der Waals surface area contributed by atoms with Gasteiger partial charge in [-0.15, -0.1) is 9.19 Å². The van der Waals surface area contributed by atoms with Gasteiger partial charge in [-0.25, -0.2) is 9.19 Å². The molecular formula is C17H21N5O3S. The second-order valence-electron chi connectivity index (χ2n) is 6.21. The maximum absolute atomic E-state index is 12.3. The van der Waals surface area contributed by atoms with Crippen LogP contribution in [0.15, 0.2) is 30.6 Å². The summed E-state index contributed by atoms with van der Waals surface area (Å²) < 4.78 is 26.4. The molecule has 0 amide bonds. The Morgan fingerprint density at radius 2 is 2.00 bits per heavy atom. The minimum Gasteiger partial charge on any atom is -0.379 e. The molecule has 4 rings (SSSR count). The zero-order valence-electron chi connectivity index (χ0n) is 14.8. The van der Waals surface area contributed by atoms with Crippen molar-refractivity contribution in [3.05, 3.63) is 47.7 Å². The number of para-hydroxylation sites is 1. The Kier molecular flexibility index (Phi) is 4.86. The minimum atomic E-state index is -1.74. The van der Waals surface area contributed by atoms with Crippen molar-refractivity contribution in [2.24, 2.45) is 0 Å². The Bertz CT molecular complexity index is 945. The molecule has 138 valence electrons. The van der Waals surface area contributed by atoms with Crippen LogP contribution in [0.3, 0.4) is 0 Å². The molecule has 0 N–H and O–H groups in total. The van der Waals surface area contributed by atoms with Crippen molar-refractivity contribution in [3.63, 3.8) is 0 Å². The van der Waals surface area contributed by atoms with E-state index in [2.05, 4.69) is 40.6 Å². The summed E-state index contributed by atoms with van der Waals surface area (Å²) in [7, 11) is 0. The first kappa shape index (κ1) is 17.3. The zero-order chi connectivity index (χ0) is 18.1. The predicted octanol–water partition coefficient (Wildman–Crippen LogP) is 1.59. The number of benzene rings is 1. The summed E-state index contributed by atoms with van der Waals surface area (Å²) in [5, 5.41) is 7.19. The Morgan fingerprint density at radius 3 is 2.81 bits per heavy atom. The van der Waals surface area contributed by atoms with E-state index in [0.29, 0.717) is 38.7 Å². The first-order chi connectivity index (χ1) is 12.6. The molecule has 0 aliphatic carbocycles. The van der Waals surface area contributed by atoms with Gasteiger partial charge in [0.05, 0.1) is 19.8 Å². The Labute approximate surface area is 154 Å². The van der Waals surface area contributed by atoms with E-state index in [9.17, 15) is 4.21 Å². The number of hydrogen-bond donors (Lipinski definition) is 0. The fourth-order valence-corrected chi connectivity index (χ4v) is 3.80. The summed E-state index contributed by atoms with van der Waals surface area (Å²) in [6, 6.07) is 8.27. The van der Waals surface area contributed by atoms with E-state index >= 15 is 0 Å². The van der Waals surface area contributed by atoms with E-state index in [1.807, 2.05) is 12.1 Å². The summed E-state index contributed by atoms with van der Waals surface area (Å²) in [6.45, 7) is 7.03. The number of morpholine rings is 1. The maximum Gasteiger partial charge on any atom is 0.304 e. The highest BCUT2D eigenvalue weighted by Crippen LogP contribution is 2.25. The minimum absolute atomic E-state index is 0.516.